The van der Waals surface area contributed by atoms with Gasteiger partial charge in [0.2, 0.25) is 0 Å². The molecule has 0 aliphatic carbocycles. The van der Waals surface area contributed by atoms with Crippen LogP contribution in [0.1, 0.15) is 17.5 Å². The monoisotopic (exact) mass is 309 g/mol. The molecule has 0 spiro atoms. The van der Waals surface area contributed by atoms with Crippen molar-refractivity contribution in [3.8, 4) is 11.1 Å². The number of carboxylic acid groups (broad SMARTS) is 1. The number of carboxylic acids is 1. The Morgan fingerprint density at radius 1 is 1.22 bits per heavy atom. The quantitative estimate of drug-likeness (QED) is 0.804. The number of aliphatic carboxylic acids is 1. The van der Waals surface area contributed by atoms with Crippen LogP contribution < -0.4 is 5.73 Å². The lowest BCUT2D eigenvalue weighted by Crippen LogP contribution is -2.14. The molecule has 4 N–H and O–H groups in total. The van der Waals surface area contributed by atoms with E-state index in [4.69, 9.17) is 5.73 Å². The van der Waals surface area contributed by atoms with Crippen LogP contribution >= 0.6 is 0 Å². The molecule has 0 saturated heterocycles. The Bertz CT molecular complexity index is 841. The molecule has 0 unspecified atom stereocenters. The van der Waals surface area contributed by atoms with Crippen molar-refractivity contribution < 1.29 is 15.0 Å². The van der Waals surface area contributed by atoms with E-state index in [1.54, 1.807) is 24.5 Å². The summed E-state index contributed by atoms with van der Waals surface area (Å²) in [6.45, 7) is -0.0818. The number of carbonyl (C=O) groups is 1. The summed E-state index contributed by atoms with van der Waals surface area (Å²) in [5.41, 5.74) is 9.78. The zero-order chi connectivity index (χ0) is 16.4. The normalized spacial score (nSPS) is 13.6. The number of rotatable bonds is 3. The van der Waals surface area contributed by atoms with Crippen LogP contribution in [0.3, 0.4) is 0 Å². The molecular formula is C17H15N3O3. The Morgan fingerprint density at radius 2 is 2.04 bits per heavy atom. The van der Waals surface area contributed by atoms with E-state index in [-0.39, 0.29) is 24.4 Å². The average molecular weight is 309 g/mol. The summed E-state index contributed by atoms with van der Waals surface area (Å²) in [7, 11) is 0. The number of benzene rings is 1. The second kappa shape index (κ2) is 6.02. The second-order valence-electron chi connectivity index (χ2n) is 5.27. The minimum Gasteiger partial charge on any atom is -0.478 e. The Balaban J connectivity index is 2.09. The maximum absolute atomic E-state index is 11.2. The third kappa shape index (κ3) is 3.12. The number of aliphatic imine (C=N–C) groups is 1. The standard InChI is InChI=1S/C17H15N3O3/c18-16-6-13(17(22)23)4-12-2-1-11(5-15(12)20-16)14-3-10(9-21)7-19-8-14/h1-5,7-8,21H,6,9H2,(H2,18,20)(H,22,23). The molecule has 0 saturated carbocycles. The molecule has 1 aliphatic rings. The number of aliphatic hydroxyl groups is 1. The zero-order valence-corrected chi connectivity index (χ0v) is 12.2. The van der Waals surface area contributed by atoms with E-state index in [1.165, 1.54) is 0 Å². The van der Waals surface area contributed by atoms with Gasteiger partial charge in [0.05, 0.1) is 12.3 Å². The summed E-state index contributed by atoms with van der Waals surface area (Å²) in [6.07, 6.45) is 5.00. The molecule has 1 aliphatic heterocycles. The highest BCUT2D eigenvalue weighted by Gasteiger charge is 2.15. The van der Waals surface area contributed by atoms with E-state index in [1.807, 2.05) is 18.2 Å². The Morgan fingerprint density at radius 3 is 2.78 bits per heavy atom. The third-order valence-electron chi connectivity index (χ3n) is 3.58. The van der Waals surface area contributed by atoms with Gasteiger partial charge in [-0.25, -0.2) is 9.79 Å². The van der Waals surface area contributed by atoms with E-state index >= 15 is 0 Å². The van der Waals surface area contributed by atoms with Gasteiger partial charge in [0, 0.05) is 35.5 Å². The summed E-state index contributed by atoms with van der Waals surface area (Å²) in [5, 5.41) is 18.4. The number of hydrogen-bond donors (Lipinski definition) is 3. The maximum atomic E-state index is 11.2. The van der Waals surface area contributed by atoms with Crippen molar-refractivity contribution in [3.63, 3.8) is 0 Å². The van der Waals surface area contributed by atoms with Gasteiger partial charge in [0.25, 0.3) is 0 Å². The van der Waals surface area contributed by atoms with E-state index in [0.717, 1.165) is 11.1 Å². The first kappa shape index (κ1) is 14.9. The largest absolute Gasteiger partial charge is 0.478 e. The molecular weight excluding hydrogens is 294 g/mol. The zero-order valence-electron chi connectivity index (χ0n) is 12.2. The lowest BCUT2D eigenvalue weighted by atomic mass is 10.0. The molecule has 23 heavy (non-hydrogen) atoms. The first-order valence-corrected chi connectivity index (χ1v) is 7.03. The number of amidine groups is 1. The van der Waals surface area contributed by atoms with E-state index < -0.39 is 5.97 Å². The van der Waals surface area contributed by atoms with Crippen LogP contribution in [0.25, 0.3) is 17.2 Å². The SMILES string of the molecule is NC1=Nc2cc(-c3cncc(CO)c3)ccc2C=C(C(=O)O)C1. The molecule has 1 aromatic carbocycles. The van der Waals surface area contributed by atoms with Gasteiger partial charge in [-0.05, 0) is 29.3 Å². The van der Waals surface area contributed by atoms with Gasteiger partial charge in [-0.1, -0.05) is 12.1 Å². The van der Waals surface area contributed by atoms with Crippen molar-refractivity contribution in [2.45, 2.75) is 13.0 Å². The summed E-state index contributed by atoms with van der Waals surface area (Å²) in [5.74, 6) is -0.739. The lowest BCUT2D eigenvalue weighted by molar-refractivity contribution is -0.132. The van der Waals surface area contributed by atoms with Crippen molar-refractivity contribution in [2.75, 3.05) is 0 Å². The number of aliphatic hydroxyl groups excluding tert-OH is 1. The second-order valence-corrected chi connectivity index (χ2v) is 5.27. The number of nitrogens with zero attached hydrogens (tertiary/aromatic N) is 2. The highest BCUT2D eigenvalue weighted by molar-refractivity contribution is 6.02. The predicted octanol–water partition coefficient (Wildman–Crippen LogP) is 2.10. The van der Waals surface area contributed by atoms with Gasteiger partial charge in [-0.2, -0.15) is 0 Å². The minimum atomic E-state index is -1.00. The molecule has 6 heteroatoms. The van der Waals surface area contributed by atoms with Crippen LogP contribution in [0.5, 0.6) is 0 Å². The number of fused-ring (bicyclic) bond motifs is 1. The van der Waals surface area contributed by atoms with Crippen LogP contribution in [0.2, 0.25) is 0 Å². The molecule has 0 atom stereocenters. The van der Waals surface area contributed by atoms with Gasteiger partial charge >= 0.3 is 5.97 Å². The molecule has 0 fully saturated rings. The predicted molar refractivity (Wildman–Crippen MR) is 87.1 cm³/mol. The smallest absolute Gasteiger partial charge is 0.332 e. The minimum absolute atomic E-state index is 0.0818. The van der Waals surface area contributed by atoms with Crippen molar-refractivity contribution in [1.29, 1.82) is 0 Å². The summed E-state index contributed by atoms with van der Waals surface area (Å²) in [6, 6.07) is 7.35. The first-order chi connectivity index (χ1) is 11.1. The molecule has 2 aromatic rings. The van der Waals surface area contributed by atoms with Gasteiger partial charge in [0.15, 0.2) is 0 Å². The van der Waals surface area contributed by atoms with Crippen molar-refractivity contribution >= 4 is 23.6 Å². The van der Waals surface area contributed by atoms with Crippen LogP contribution in [0.4, 0.5) is 5.69 Å². The van der Waals surface area contributed by atoms with Crippen molar-refractivity contribution in [1.82, 2.24) is 4.98 Å². The van der Waals surface area contributed by atoms with Crippen LogP contribution in [0, 0.1) is 0 Å². The van der Waals surface area contributed by atoms with Crippen LogP contribution in [-0.4, -0.2) is 27.0 Å². The van der Waals surface area contributed by atoms with Gasteiger partial charge in [0.1, 0.15) is 5.84 Å². The van der Waals surface area contributed by atoms with Gasteiger partial charge in [-0.3, -0.25) is 4.98 Å². The molecule has 6 nitrogen and oxygen atoms in total. The topological polar surface area (TPSA) is 109 Å². The average Bonchev–Trinajstić information content (AvgIpc) is 2.72. The molecule has 0 radical (unpaired) electrons. The fraction of sp³-hybridized carbons (Fsp3) is 0.118. The Hall–Kier alpha value is -2.99. The van der Waals surface area contributed by atoms with E-state index in [9.17, 15) is 15.0 Å². The molecule has 116 valence electrons. The Labute approximate surface area is 132 Å². The molecule has 0 amide bonds. The molecule has 1 aromatic heterocycles. The van der Waals surface area contributed by atoms with Crippen LogP contribution in [-0.2, 0) is 11.4 Å². The van der Waals surface area contributed by atoms with E-state index in [2.05, 4.69) is 9.98 Å². The number of aromatic nitrogens is 1. The summed E-state index contributed by atoms with van der Waals surface area (Å²) < 4.78 is 0. The first-order valence-electron chi connectivity index (χ1n) is 7.03. The molecule has 2 heterocycles. The fourth-order valence-electron chi connectivity index (χ4n) is 2.44. The Kier molecular flexibility index (Phi) is 3.91. The van der Waals surface area contributed by atoms with Gasteiger partial charge < -0.3 is 15.9 Å². The number of nitrogens with two attached hydrogens (primary N) is 1. The lowest BCUT2D eigenvalue weighted by Gasteiger charge is -2.07. The summed E-state index contributed by atoms with van der Waals surface area (Å²) >= 11 is 0. The fourth-order valence-corrected chi connectivity index (χ4v) is 2.44. The third-order valence-corrected chi connectivity index (χ3v) is 3.58. The number of hydrogen-bond acceptors (Lipinski definition) is 5. The molecule has 0 bridgehead atoms. The van der Waals surface area contributed by atoms with Crippen molar-refractivity contribution in [3.05, 3.63) is 53.4 Å². The summed E-state index contributed by atoms with van der Waals surface area (Å²) in [4.78, 5) is 19.6. The molecule has 3 rings (SSSR count). The maximum Gasteiger partial charge on any atom is 0.332 e. The highest BCUT2D eigenvalue weighted by atomic mass is 16.4. The van der Waals surface area contributed by atoms with Crippen molar-refractivity contribution in [2.24, 2.45) is 10.7 Å². The van der Waals surface area contributed by atoms with E-state index in [0.29, 0.717) is 16.8 Å². The number of pyridine rings is 1. The highest BCUT2D eigenvalue weighted by Crippen LogP contribution is 2.31. The van der Waals surface area contributed by atoms with Crippen LogP contribution in [0.15, 0.2) is 47.2 Å². The van der Waals surface area contributed by atoms with Gasteiger partial charge in [-0.15, -0.1) is 0 Å².